The van der Waals surface area contributed by atoms with Crippen LogP contribution in [-0.2, 0) is 6.54 Å². The summed E-state index contributed by atoms with van der Waals surface area (Å²) in [6.45, 7) is 7.85. The maximum absolute atomic E-state index is 5.51. The summed E-state index contributed by atoms with van der Waals surface area (Å²) in [5.74, 6) is 0.641. The summed E-state index contributed by atoms with van der Waals surface area (Å²) in [7, 11) is 1.97. The molecule has 1 aromatic rings. The van der Waals surface area contributed by atoms with Crippen LogP contribution in [0.25, 0.3) is 0 Å². The first-order chi connectivity index (χ1) is 7.19. The van der Waals surface area contributed by atoms with Gasteiger partial charge in [0.25, 0.3) is 0 Å². The zero-order chi connectivity index (χ0) is 11.3. The third kappa shape index (κ3) is 3.20. The first-order valence-electron chi connectivity index (χ1n) is 5.44. The van der Waals surface area contributed by atoms with Gasteiger partial charge in [0.05, 0.1) is 6.54 Å². The fourth-order valence-corrected chi connectivity index (χ4v) is 1.15. The maximum atomic E-state index is 5.51. The Morgan fingerprint density at radius 3 is 2.73 bits per heavy atom. The van der Waals surface area contributed by atoms with E-state index < -0.39 is 0 Å². The topological polar surface area (TPSA) is 54.2 Å². The fraction of sp³-hybridized carbons (Fsp3) is 0.800. The molecule has 0 amide bonds. The van der Waals surface area contributed by atoms with Crippen LogP contribution in [0.4, 0.5) is 6.01 Å². The van der Waals surface area contributed by atoms with Gasteiger partial charge >= 0.3 is 6.01 Å². The van der Waals surface area contributed by atoms with E-state index in [9.17, 15) is 0 Å². The minimum atomic E-state index is 0.414. The molecule has 0 saturated heterocycles. The Balaban J connectivity index is 2.58. The third-order valence-electron chi connectivity index (χ3n) is 2.54. The Labute approximate surface area is 90.9 Å². The molecule has 0 saturated carbocycles. The maximum Gasteiger partial charge on any atom is 0.318 e. The van der Waals surface area contributed by atoms with Crippen molar-refractivity contribution in [2.45, 2.75) is 39.8 Å². The van der Waals surface area contributed by atoms with E-state index in [-0.39, 0.29) is 0 Å². The van der Waals surface area contributed by atoms with Crippen molar-refractivity contribution in [2.75, 3.05) is 18.5 Å². The van der Waals surface area contributed by atoms with Gasteiger partial charge in [0.1, 0.15) is 0 Å². The summed E-state index contributed by atoms with van der Waals surface area (Å²) in [6.07, 6.45) is 1.06. The van der Waals surface area contributed by atoms with Crippen molar-refractivity contribution in [2.24, 2.45) is 0 Å². The van der Waals surface area contributed by atoms with Gasteiger partial charge in [-0.1, -0.05) is 18.9 Å². The van der Waals surface area contributed by atoms with Crippen molar-refractivity contribution in [1.29, 1.82) is 0 Å². The van der Waals surface area contributed by atoms with Crippen LogP contribution in [0.5, 0.6) is 0 Å². The number of anilines is 1. The van der Waals surface area contributed by atoms with Crippen LogP contribution in [0.15, 0.2) is 4.42 Å². The molecule has 0 spiro atoms. The molecule has 5 nitrogen and oxygen atoms in total. The van der Waals surface area contributed by atoms with E-state index in [2.05, 4.69) is 29.4 Å². The number of rotatable bonds is 6. The normalized spacial score (nSPS) is 12.8. The van der Waals surface area contributed by atoms with Crippen LogP contribution >= 0.6 is 0 Å². The van der Waals surface area contributed by atoms with Crippen LogP contribution in [0, 0.1) is 0 Å². The predicted octanol–water partition coefficient (Wildman–Crippen LogP) is 1.41. The van der Waals surface area contributed by atoms with Crippen LogP contribution < -0.4 is 10.2 Å². The Kier molecular flexibility index (Phi) is 4.55. The molecule has 0 aliphatic heterocycles. The average Bonchev–Trinajstić information content (AvgIpc) is 2.72. The predicted molar refractivity (Wildman–Crippen MR) is 59.8 cm³/mol. The van der Waals surface area contributed by atoms with Crippen LogP contribution in [-0.4, -0.2) is 29.8 Å². The zero-order valence-electron chi connectivity index (χ0n) is 9.95. The molecule has 0 bridgehead atoms. The quantitative estimate of drug-likeness (QED) is 0.772. The van der Waals surface area contributed by atoms with Crippen molar-refractivity contribution < 1.29 is 4.42 Å². The smallest absolute Gasteiger partial charge is 0.318 e. The highest BCUT2D eigenvalue weighted by Crippen LogP contribution is 2.14. The minimum absolute atomic E-state index is 0.414. The van der Waals surface area contributed by atoms with Crippen molar-refractivity contribution in [3.05, 3.63) is 5.89 Å². The Morgan fingerprint density at radius 1 is 1.40 bits per heavy atom. The second kappa shape index (κ2) is 5.70. The second-order valence-corrected chi connectivity index (χ2v) is 3.63. The highest BCUT2D eigenvalue weighted by molar-refractivity contribution is 5.23. The van der Waals surface area contributed by atoms with Gasteiger partial charge in [-0.15, -0.1) is 5.10 Å². The number of nitrogens with one attached hydrogen (secondary N) is 1. The largest absolute Gasteiger partial charge is 0.407 e. The lowest BCUT2D eigenvalue weighted by atomic mass is 10.2. The van der Waals surface area contributed by atoms with E-state index in [0.29, 0.717) is 24.5 Å². The van der Waals surface area contributed by atoms with E-state index in [0.717, 1.165) is 13.0 Å². The summed E-state index contributed by atoms with van der Waals surface area (Å²) < 4.78 is 5.51. The van der Waals surface area contributed by atoms with Crippen LogP contribution in [0.1, 0.15) is 33.1 Å². The molecule has 0 aromatic carbocycles. The highest BCUT2D eigenvalue weighted by atomic mass is 16.4. The molecule has 15 heavy (non-hydrogen) atoms. The molecule has 1 aromatic heterocycles. The highest BCUT2D eigenvalue weighted by Gasteiger charge is 2.14. The Morgan fingerprint density at radius 2 is 2.13 bits per heavy atom. The van der Waals surface area contributed by atoms with Crippen molar-refractivity contribution in [1.82, 2.24) is 15.5 Å². The van der Waals surface area contributed by atoms with Gasteiger partial charge in [0.15, 0.2) is 0 Å². The molecule has 5 heteroatoms. The Bertz CT molecular complexity index is 287. The molecular weight excluding hydrogens is 192 g/mol. The molecule has 0 radical (unpaired) electrons. The van der Waals surface area contributed by atoms with E-state index in [1.54, 1.807) is 0 Å². The molecule has 1 N–H and O–H groups in total. The summed E-state index contributed by atoms with van der Waals surface area (Å²) in [5, 5.41) is 11.1. The molecule has 0 aliphatic rings. The van der Waals surface area contributed by atoms with Crippen molar-refractivity contribution >= 4 is 6.01 Å². The third-order valence-corrected chi connectivity index (χ3v) is 2.54. The standard InChI is InChI=1S/C10H20N4O/c1-5-8(3)14(4)10-13-12-9(15-10)7-11-6-2/h8,11H,5-7H2,1-4H3. The van der Waals surface area contributed by atoms with Crippen LogP contribution in [0.3, 0.4) is 0 Å². The number of hydrogen-bond acceptors (Lipinski definition) is 5. The molecule has 86 valence electrons. The average molecular weight is 212 g/mol. The monoisotopic (exact) mass is 212 g/mol. The molecule has 0 aliphatic carbocycles. The van der Waals surface area contributed by atoms with E-state index >= 15 is 0 Å². The van der Waals surface area contributed by atoms with Gasteiger partial charge in [-0.3, -0.25) is 0 Å². The lowest BCUT2D eigenvalue weighted by molar-refractivity contribution is 0.457. The van der Waals surface area contributed by atoms with Crippen molar-refractivity contribution in [3.8, 4) is 0 Å². The van der Waals surface area contributed by atoms with E-state index in [4.69, 9.17) is 4.42 Å². The van der Waals surface area contributed by atoms with Gasteiger partial charge in [-0.05, 0) is 19.9 Å². The van der Waals surface area contributed by atoms with Crippen molar-refractivity contribution in [3.63, 3.8) is 0 Å². The summed E-state index contributed by atoms with van der Waals surface area (Å²) in [4.78, 5) is 2.00. The minimum Gasteiger partial charge on any atom is -0.407 e. The summed E-state index contributed by atoms with van der Waals surface area (Å²) >= 11 is 0. The molecule has 0 fully saturated rings. The number of hydrogen-bond donors (Lipinski definition) is 1. The number of aromatic nitrogens is 2. The van der Waals surface area contributed by atoms with E-state index in [1.165, 1.54) is 0 Å². The van der Waals surface area contributed by atoms with E-state index in [1.807, 2.05) is 18.9 Å². The van der Waals surface area contributed by atoms with Gasteiger partial charge in [0, 0.05) is 13.1 Å². The van der Waals surface area contributed by atoms with Gasteiger partial charge in [-0.25, -0.2) is 0 Å². The zero-order valence-corrected chi connectivity index (χ0v) is 9.95. The molecule has 1 atom stereocenters. The van der Waals surface area contributed by atoms with Crippen LogP contribution in [0.2, 0.25) is 0 Å². The van der Waals surface area contributed by atoms with Gasteiger partial charge < -0.3 is 14.6 Å². The first-order valence-corrected chi connectivity index (χ1v) is 5.44. The van der Waals surface area contributed by atoms with Gasteiger partial charge in [-0.2, -0.15) is 0 Å². The van der Waals surface area contributed by atoms with Gasteiger partial charge in [0.2, 0.25) is 5.89 Å². The molecule has 1 unspecified atom stereocenters. The SMILES string of the molecule is CCNCc1nnc(N(C)C(C)CC)o1. The molecule has 1 heterocycles. The number of nitrogens with zero attached hydrogens (tertiary/aromatic N) is 3. The lowest BCUT2D eigenvalue weighted by Gasteiger charge is -2.20. The second-order valence-electron chi connectivity index (χ2n) is 3.63. The molecule has 1 rings (SSSR count). The fourth-order valence-electron chi connectivity index (χ4n) is 1.15. The molecular formula is C10H20N4O. The Hall–Kier alpha value is -1.10. The first kappa shape index (κ1) is 12.0. The summed E-state index contributed by atoms with van der Waals surface area (Å²) in [5.41, 5.74) is 0. The lowest BCUT2D eigenvalue weighted by Crippen LogP contribution is -2.28. The summed E-state index contributed by atoms with van der Waals surface area (Å²) in [6, 6.07) is 1.01.